The van der Waals surface area contributed by atoms with Gasteiger partial charge in [-0.25, -0.2) is 9.59 Å². The number of anilines is 1. The highest BCUT2D eigenvalue weighted by Crippen LogP contribution is 2.23. The minimum absolute atomic E-state index is 0.105. The van der Waals surface area contributed by atoms with Crippen LogP contribution in [0.15, 0.2) is 24.3 Å². The number of rotatable bonds is 6. The molecule has 0 unspecified atom stereocenters. The topological polar surface area (TPSA) is 107 Å². The van der Waals surface area contributed by atoms with E-state index in [4.69, 9.17) is 14.2 Å². The average molecular weight is 360 g/mol. The van der Waals surface area contributed by atoms with Crippen molar-refractivity contribution < 1.29 is 28.6 Å². The van der Waals surface area contributed by atoms with Crippen LogP contribution in [-0.4, -0.2) is 43.7 Å². The molecule has 0 radical (unpaired) electrons. The van der Waals surface area contributed by atoms with Gasteiger partial charge in [0.2, 0.25) is 0 Å². The lowest BCUT2D eigenvalue weighted by Gasteiger charge is -2.10. The van der Waals surface area contributed by atoms with E-state index in [0.29, 0.717) is 22.7 Å². The molecule has 2 rings (SSSR count). The number of hydrogen-bond donors (Lipinski definition) is 2. The number of carbonyl (C=O) groups excluding carboxylic acids is 3. The van der Waals surface area contributed by atoms with Crippen LogP contribution in [0, 0.1) is 13.8 Å². The number of methoxy groups -OCH3 is 2. The van der Waals surface area contributed by atoms with Crippen molar-refractivity contribution in [2.75, 3.05) is 26.1 Å². The molecule has 8 heteroatoms. The maximum atomic E-state index is 12.2. The Morgan fingerprint density at radius 3 is 2.42 bits per heavy atom. The number of carbonyl (C=O) groups is 3. The van der Waals surface area contributed by atoms with Crippen LogP contribution < -0.4 is 10.1 Å². The Morgan fingerprint density at radius 2 is 1.77 bits per heavy atom. The fourth-order valence-electron chi connectivity index (χ4n) is 2.50. The molecule has 0 bridgehead atoms. The minimum Gasteiger partial charge on any atom is -0.495 e. The molecule has 26 heavy (non-hydrogen) atoms. The van der Waals surface area contributed by atoms with Crippen LogP contribution in [0.3, 0.4) is 0 Å². The predicted octanol–water partition coefficient (Wildman–Crippen LogP) is 2.22. The molecule has 0 spiro atoms. The second-order valence-corrected chi connectivity index (χ2v) is 5.44. The standard InChI is InChI=1S/C18H20N2O6/c1-10-15(17(22)25-4)11(2)19-16(10)18(23)26-9-14(21)20-12-7-5-6-8-13(12)24-3/h5-8,19H,9H2,1-4H3,(H,20,21). The first-order valence-corrected chi connectivity index (χ1v) is 7.76. The average Bonchev–Trinajstić information content (AvgIpc) is 2.94. The number of ether oxygens (including phenoxy) is 3. The molecule has 0 saturated heterocycles. The minimum atomic E-state index is -0.740. The van der Waals surface area contributed by atoms with Crippen molar-refractivity contribution in [2.45, 2.75) is 13.8 Å². The number of para-hydroxylation sites is 2. The lowest BCUT2D eigenvalue weighted by molar-refractivity contribution is -0.119. The molecule has 1 heterocycles. The lowest BCUT2D eigenvalue weighted by Crippen LogP contribution is -2.21. The van der Waals surface area contributed by atoms with Crippen LogP contribution >= 0.6 is 0 Å². The van der Waals surface area contributed by atoms with E-state index in [1.54, 1.807) is 38.1 Å². The number of H-pyrrole nitrogens is 1. The van der Waals surface area contributed by atoms with Crippen molar-refractivity contribution in [1.82, 2.24) is 4.98 Å². The van der Waals surface area contributed by atoms with Gasteiger partial charge in [0, 0.05) is 5.69 Å². The van der Waals surface area contributed by atoms with E-state index < -0.39 is 24.5 Å². The number of benzene rings is 1. The number of aromatic amines is 1. The number of aromatic nitrogens is 1. The third kappa shape index (κ3) is 4.02. The zero-order valence-electron chi connectivity index (χ0n) is 15.0. The summed E-state index contributed by atoms with van der Waals surface area (Å²) in [6.45, 7) is 2.76. The van der Waals surface area contributed by atoms with Crippen LogP contribution in [0.2, 0.25) is 0 Å². The molecule has 0 saturated carbocycles. The summed E-state index contributed by atoms with van der Waals surface area (Å²) in [6.07, 6.45) is 0. The lowest BCUT2D eigenvalue weighted by atomic mass is 10.1. The van der Waals surface area contributed by atoms with Crippen molar-refractivity contribution in [3.8, 4) is 5.75 Å². The smallest absolute Gasteiger partial charge is 0.355 e. The molecule has 1 aromatic heterocycles. The summed E-state index contributed by atoms with van der Waals surface area (Å²) in [6, 6.07) is 6.87. The first-order chi connectivity index (χ1) is 12.4. The summed E-state index contributed by atoms with van der Waals surface area (Å²) in [4.78, 5) is 38.8. The fraction of sp³-hybridized carbons (Fsp3) is 0.278. The van der Waals surface area contributed by atoms with Gasteiger partial charge in [-0.05, 0) is 31.5 Å². The molecule has 0 atom stereocenters. The molecule has 138 valence electrons. The number of hydrogen-bond acceptors (Lipinski definition) is 6. The van der Waals surface area contributed by atoms with Crippen LogP contribution in [0.25, 0.3) is 0 Å². The van der Waals surface area contributed by atoms with Gasteiger partial charge in [0.15, 0.2) is 6.61 Å². The molecule has 0 fully saturated rings. The van der Waals surface area contributed by atoms with Crippen molar-refractivity contribution >= 4 is 23.5 Å². The Kier molecular flexibility index (Phi) is 6.00. The molecule has 2 aromatic rings. The van der Waals surface area contributed by atoms with Crippen LogP contribution in [0.1, 0.15) is 32.1 Å². The van der Waals surface area contributed by atoms with Crippen LogP contribution in [0.5, 0.6) is 5.75 Å². The third-order valence-corrected chi connectivity index (χ3v) is 3.75. The van der Waals surface area contributed by atoms with Crippen molar-refractivity contribution in [1.29, 1.82) is 0 Å². The summed E-state index contributed by atoms with van der Waals surface area (Å²) >= 11 is 0. The number of esters is 2. The van der Waals surface area contributed by atoms with Gasteiger partial charge in [-0.2, -0.15) is 0 Å². The van der Waals surface area contributed by atoms with Crippen molar-refractivity contribution in [3.63, 3.8) is 0 Å². The quantitative estimate of drug-likeness (QED) is 0.765. The summed E-state index contributed by atoms with van der Waals surface area (Å²) in [5, 5.41) is 2.60. The largest absolute Gasteiger partial charge is 0.495 e. The summed E-state index contributed by atoms with van der Waals surface area (Å²) in [5.41, 5.74) is 1.74. The molecule has 0 aliphatic rings. The van der Waals surface area contributed by atoms with Crippen molar-refractivity contribution in [2.24, 2.45) is 0 Å². The Labute approximate surface area is 150 Å². The summed E-state index contributed by atoms with van der Waals surface area (Å²) in [5.74, 6) is -1.32. The van der Waals surface area contributed by atoms with Gasteiger partial charge in [0.05, 0.1) is 25.5 Å². The molecular formula is C18H20N2O6. The monoisotopic (exact) mass is 360 g/mol. The van der Waals surface area contributed by atoms with E-state index in [2.05, 4.69) is 10.3 Å². The third-order valence-electron chi connectivity index (χ3n) is 3.75. The summed E-state index contributed by atoms with van der Waals surface area (Å²) in [7, 11) is 2.74. The van der Waals surface area contributed by atoms with Gasteiger partial charge in [-0.15, -0.1) is 0 Å². The highest BCUT2D eigenvalue weighted by atomic mass is 16.5. The fourth-order valence-corrected chi connectivity index (χ4v) is 2.50. The second-order valence-electron chi connectivity index (χ2n) is 5.44. The van der Waals surface area contributed by atoms with Gasteiger partial charge in [0.1, 0.15) is 11.4 Å². The van der Waals surface area contributed by atoms with E-state index in [-0.39, 0.29) is 11.3 Å². The molecule has 1 amide bonds. The maximum Gasteiger partial charge on any atom is 0.355 e. The SMILES string of the molecule is COC(=O)c1c(C)[nH]c(C(=O)OCC(=O)Nc2ccccc2OC)c1C. The first-order valence-electron chi connectivity index (χ1n) is 7.76. The predicted molar refractivity (Wildman–Crippen MR) is 93.5 cm³/mol. The van der Waals surface area contributed by atoms with Crippen LogP contribution in [-0.2, 0) is 14.3 Å². The Hall–Kier alpha value is -3.29. The van der Waals surface area contributed by atoms with Gasteiger partial charge in [0.25, 0.3) is 5.91 Å². The Morgan fingerprint density at radius 1 is 1.08 bits per heavy atom. The van der Waals surface area contributed by atoms with E-state index in [0.717, 1.165) is 0 Å². The van der Waals surface area contributed by atoms with E-state index >= 15 is 0 Å². The highest BCUT2D eigenvalue weighted by molar-refractivity contribution is 6.00. The zero-order chi connectivity index (χ0) is 19.3. The number of aryl methyl sites for hydroxylation is 1. The maximum absolute atomic E-state index is 12.2. The Bertz CT molecular complexity index is 840. The highest BCUT2D eigenvalue weighted by Gasteiger charge is 2.23. The van der Waals surface area contributed by atoms with Gasteiger partial charge in [-0.1, -0.05) is 12.1 Å². The van der Waals surface area contributed by atoms with Gasteiger partial charge >= 0.3 is 11.9 Å². The number of nitrogens with one attached hydrogen (secondary N) is 2. The molecule has 0 aliphatic heterocycles. The zero-order valence-corrected chi connectivity index (χ0v) is 15.0. The molecular weight excluding hydrogens is 340 g/mol. The van der Waals surface area contributed by atoms with E-state index in [9.17, 15) is 14.4 Å². The Balaban J connectivity index is 2.03. The molecule has 8 nitrogen and oxygen atoms in total. The second kappa shape index (κ2) is 8.19. The van der Waals surface area contributed by atoms with Crippen LogP contribution in [0.4, 0.5) is 5.69 Å². The normalized spacial score (nSPS) is 10.2. The molecule has 0 aliphatic carbocycles. The van der Waals surface area contributed by atoms with Gasteiger partial charge < -0.3 is 24.5 Å². The first kappa shape index (κ1) is 19.0. The van der Waals surface area contributed by atoms with E-state index in [1.807, 2.05) is 0 Å². The molecule has 2 N–H and O–H groups in total. The molecule has 1 aromatic carbocycles. The van der Waals surface area contributed by atoms with E-state index in [1.165, 1.54) is 14.2 Å². The van der Waals surface area contributed by atoms with Gasteiger partial charge in [-0.3, -0.25) is 4.79 Å². The van der Waals surface area contributed by atoms with Crippen molar-refractivity contribution in [3.05, 3.63) is 46.8 Å². The summed E-state index contributed by atoms with van der Waals surface area (Å²) < 4.78 is 14.8. The number of amides is 1.